The van der Waals surface area contributed by atoms with E-state index in [-0.39, 0.29) is 23.0 Å². The number of fused-ring (bicyclic) bond motifs is 1. The van der Waals surface area contributed by atoms with Crippen LogP contribution >= 0.6 is 0 Å². The van der Waals surface area contributed by atoms with Gasteiger partial charge in [0.05, 0.1) is 11.9 Å². The van der Waals surface area contributed by atoms with Gasteiger partial charge in [0.25, 0.3) is 5.91 Å². The number of halogens is 2. The Labute approximate surface area is 154 Å². The predicted octanol–water partition coefficient (Wildman–Crippen LogP) is 4.98. The molecule has 0 atom stereocenters. The highest BCUT2D eigenvalue weighted by Gasteiger charge is 2.29. The summed E-state index contributed by atoms with van der Waals surface area (Å²) in [6.45, 7) is 5.19. The minimum absolute atomic E-state index is 0.154. The van der Waals surface area contributed by atoms with Crippen LogP contribution in [0.25, 0.3) is 17.2 Å². The number of rotatable bonds is 5. The van der Waals surface area contributed by atoms with Gasteiger partial charge in [0.1, 0.15) is 5.83 Å². The fraction of sp³-hybridized carbons (Fsp3) is 0.0476. The number of nitrogens with one attached hydrogen (secondary N) is 2. The van der Waals surface area contributed by atoms with Gasteiger partial charge in [-0.15, -0.1) is 0 Å². The summed E-state index contributed by atoms with van der Waals surface area (Å²) in [5, 5.41) is 2.68. The van der Waals surface area contributed by atoms with Gasteiger partial charge >= 0.3 is 0 Å². The summed E-state index contributed by atoms with van der Waals surface area (Å²) in [6, 6.07) is 6.41. The molecule has 1 amide bonds. The summed E-state index contributed by atoms with van der Waals surface area (Å²) < 4.78 is 27.8. The third kappa shape index (κ3) is 3.29. The zero-order chi connectivity index (χ0) is 19.6. The van der Waals surface area contributed by atoms with E-state index in [1.165, 1.54) is 18.2 Å². The molecule has 0 unspecified atom stereocenters. The van der Waals surface area contributed by atoms with Crippen LogP contribution in [0.5, 0.6) is 0 Å². The Morgan fingerprint density at radius 3 is 2.74 bits per heavy atom. The number of amides is 1. The van der Waals surface area contributed by atoms with Crippen molar-refractivity contribution in [1.82, 2.24) is 4.98 Å². The average Bonchev–Trinajstić information content (AvgIpc) is 3.16. The van der Waals surface area contributed by atoms with Crippen LogP contribution in [0.2, 0.25) is 0 Å². The lowest BCUT2D eigenvalue weighted by Gasteiger charge is -2.10. The molecule has 1 aromatic heterocycles. The molecule has 6 heteroatoms. The Bertz CT molecular complexity index is 1040. The lowest BCUT2D eigenvalue weighted by atomic mass is 9.94. The normalized spacial score (nSPS) is 15.7. The lowest BCUT2D eigenvalue weighted by Crippen LogP contribution is -2.04. The molecule has 0 aliphatic carbocycles. The standard InChI is InChI=1S/C21H16F2N2O2/c1-3-5-17(23)16(10-22)14-6-4-7-18-20(14)15(21(27)25-18)9-19-13(11-26)8-12(2)24-19/h3-11,24H,1H2,2H3,(H,25,27)/b15-9-,16-10+,17-5+. The van der Waals surface area contributed by atoms with Gasteiger partial charge in [-0.25, -0.2) is 8.78 Å². The highest BCUT2D eigenvalue weighted by Crippen LogP contribution is 2.40. The molecule has 2 heterocycles. The predicted molar refractivity (Wildman–Crippen MR) is 102 cm³/mol. The monoisotopic (exact) mass is 366 g/mol. The third-order valence-corrected chi connectivity index (χ3v) is 4.18. The van der Waals surface area contributed by atoms with E-state index in [0.29, 0.717) is 28.8 Å². The fourth-order valence-corrected chi connectivity index (χ4v) is 3.04. The SMILES string of the molecule is C=C/C=C(F)\C(=C\F)c1cccc2c1/C(=C/c1[nH]c(C)cc1C=O)C(=O)N2. The van der Waals surface area contributed by atoms with Crippen molar-refractivity contribution >= 4 is 35.1 Å². The van der Waals surface area contributed by atoms with Crippen molar-refractivity contribution in [3.8, 4) is 0 Å². The molecule has 0 spiro atoms. The quantitative estimate of drug-likeness (QED) is 0.445. The molecule has 0 saturated carbocycles. The van der Waals surface area contributed by atoms with E-state index in [1.807, 2.05) is 0 Å². The van der Waals surface area contributed by atoms with E-state index in [2.05, 4.69) is 16.9 Å². The maximum atomic E-state index is 14.3. The van der Waals surface area contributed by atoms with E-state index in [0.717, 1.165) is 11.8 Å². The van der Waals surface area contributed by atoms with Crippen molar-refractivity contribution in [2.24, 2.45) is 0 Å². The molecule has 27 heavy (non-hydrogen) atoms. The van der Waals surface area contributed by atoms with E-state index < -0.39 is 11.7 Å². The molecule has 3 rings (SSSR count). The number of hydrogen-bond donors (Lipinski definition) is 2. The number of carbonyl (C=O) groups excluding carboxylic acids is 2. The number of hydrogen-bond acceptors (Lipinski definition) is 2. The zero-order valence-electron chi connectivity index (χ0n) is 14.5. The zero-order valence-corrected chi connectivity index (χ0v) is 14.5. The molecule has 0 bridgehead atoms. The van der Waals surface area contributed by atoms with Crippen molar-refractivity contribution in [2.75, 3.05) is 5.32 Å². The number of aldehydes is 1. The second-order valence-electron chi connectivity index (χ2n) is 5.95. The summed E-state index contributed by atoms with van der Waals surface area (Å²) >= 11 is 0. The van der Waals surface area contributed by atoms with Crippen LogP contribution in [0.15, 0.2) is 55.2 Å². The summed E-state index contributed by atoms with van der Waals surface area (Å²) in [5.74, 6) is -1.24. The number of benzene rings is 1. The molecule has 4 nitrogen and oxygen atoms in total. The van der Waals surface area contributed by atoms with Gasteiger partial charge < -0.3 is 10.3 Å². The Morgan fingerprint density at radius 2 is 2.07 bits per heavy atom. The second kappa shape index (κ2) is 7.37. The molecular weight excluding hydrogens is 350 g/mol. The van der Waals surface area contributed by atoms with Gasteiger partial charge in [0, 0.05) is 33.8 Å². The van der Waals surface area contributed by atoms with Crippen LogP contribution in [0.3, 0.4) is 0 Å². The molecule has 0 fully saturated rings. The number of allylic oxidation sites excluding steroid dienone is 4. The fourth-order valence-electron chi connectivity index (χ4n) is 3.04. The smallest absolute Gasteiger partial charge is 0.256 e. The van der Waals surface area contributed by atoms with Crippen LogP contribution < -0.4 is 5.32 Å². The van der Waals surface area contributed by atoms with Crippen molar-refractivity contribution in [1.29, 1.82) is 0 Å². The lowest BCUT2D eigenvalue weighted by molar-refractivity contribution is -0.110. The summed E-state index contributed by atoms with van der Waals surface area (Å²) in [4.78, 5) is 26.7. The van der Waals surface area contributed by atoms with Crippen molar-refractivity contribution < 1.29 is 18.4 Å². The van der Waals surface area contributed by atoms with Crippen molar-refractivity contribution in [3.05, 3.63) is 83.2 Å². The molecule has 0 saturated heterocycles. The van der Waals surface area contributed by atoms with E-state index in [9.17, 15) is 18.4 Å². The molecule has 136 valence electrons. The molecule has 1 aliphatic rings. The maximum absolute atomic E-state index is 14.3. The van der Waals surface area contributed by atoms with Crippen molar-refractivity contribution in [2.45, 2.75) is 6.92 Å². The number of aromatic amines is 1. The Kier molecular flexibility index (Phi) is 4.98. The summed E-state index contributed by atoms with van der Waals surface area (Å²) in [5.41, 5.74) is 2.50. The maximum Gasteiger partial charge on any atom is 0.256 e. The van der Waals surface area contributed by atoms with E-state index >= 15 is 0 Å². The van der Waals surface area contributed by atoms with Crippen LogP contribution in [0.4, 0.5) is 14.5 Å². The first-order valence-corrected chi connectivity index (χ1v) is 8.10. The molecular formula is C21H16F2N2O2. The molecule has 1 aromatic carbocycles. The summed E-state index contributed by atoms with van der Waals surface area (Å²) in [6.07, 6.45) is 4.58. The third-order valence-electron chi connectivity index (χ3n) is 4.18. The minimum atomic E-state index is -0.816. The molecule has 0 radical (unpaired) electrons. The summed E-state index contributed by atoms with van der Waals surface area (Å²) in [7, 11) is 0. The Hall–Kier alpha value is -3.54. The van der Waals surface area contributed by atoms with Gasteiger partial charge in [-0.1, -0.05) is 24.8 Å². The first kappa shape index (κ1) is 18.3. The van der Waals surface area contributed by atoms with Crippen LogP contribution in [0, 0.1) is 6.92 Å². The molecule has 2 N–H and O–H groups in total. The van der Waals surface area contributed by atoms with Crippen LogP contribution in [-0.2, 0) is 4.79 Å². The minimum Gasteiger partial charge on any atom is -0.359 e. The van der Waals surface area contributed by atoms with Crippen LogP contribution in [-0.4, -0.2) is 17.2 Å². The van der Waals surface area contributed by atoms with Gasteiger partial charge in [-0.2, -0.15) is 0 Å². The number of H-pyrrole nitrogens is 1. The van der Waals surface area contributed by atoms with Crippen molar-refractivity contribution in [3.63, 3.8) is 0 Å². The van der Waals surface area contributed by atoms with E-state index in [1.54, 1.807) is 25.1 Å². The molecule has 1 aliphatic heterocycles. The topological polar surface area (TPSA) is 62.0 Å². The number of aromatic nitrogens is 1. The Morgan fingerprint density at radius 1 is 1.30 bits per heavy atom. The second-order valence-corrected chi connectivity index (χ2v) is 5.95. The molecule has 2 aromatic rings. The first-order chi connectivity index (χ1) is 13.0. The number of anilines is 1. The highest BCUT2D eigenvalue weighted by molar-refractivity contribution is 6.36. The largest absolute Gasteiger partial charge is 0.359 e. The van der Waals surface area contributed by atoms with Gasteiger partial charge in [-0.3, -0.25) is 9.59 Å². The van der Waals surface area contributed by atoms with E-state index in [4.69, 9.17) is 0 Å². The first-order valence-electron chi connectivity index (χ1n) is 8.10. The number of carbonyl (C=O) groups is 2. The highest BCUT2D eigenvalue weighted by atomic mass is 19.1. The van der Waals surface area contributed by atoms with Gasteiger partial charge in [0.2, 0.25) is 0 Å². The Balaban J connectivity index is 2.23. The van der Waals surface area contributed by atoms with Gasteiger partial charge in [0.15, 0.2) is 6.29 Å². The average molecular weight is 366 g/mol. The number of aryl methyl sites for hydroxylation is 1. The van der Waals surface area contributed by atoms with Crippen LogP contribution in [0.1, 0.15) is 32.9 Å². The van der Waals surface area contributed by atoms with Gasteiger partial charge in [-0.05, 0) is 36.8 Å².